The van der Waals surface area contributed by atoms with Gasteiger partial charge in [0.05, 0.1) is 5.02 Å². The molecule has 1 aliphatic rings. The Bertz CT molecular complexity index is 721. The van der Waals surface area contributed by atoms with Gasteiger partial charge in [0.15, 0.2) is 6.17 Å². The summed E-state index contributed by atoms with van der Waals surface area (Å²) in [4.78, 5) is 1.87. The van der Waals surface area contributed by atoms with Crippen molar-refractivity contribution in [1.82, 2.24) is 0 Å². The molecule has 0 spiro atoms. The van der Waals surface area contributed by atoms with Crippen molar-refractivity contribution in [3.05, 3.63) is 59.1 Å². The summed E-state index contributed by atoms with van der Waals surface area (Å²) in [5.74, 6) is 0.641. The molecule has 2 aromatic carbocycles. The Morgan fingerprint density at radius 2 is 2.00 bits per heavy atom. The van der Waals surface area contributed by atoms with E-state index in [1.807, 2.05) is 60.4 Å². The Hall–Kier alpha value is -1.98. The van der Waals surface area contributed by atoms with Crippen LogP contribution in [0, 0.1) is 6.92 Å². The van der Waals surface area contributed by atoms with Crippen molar-refractivity contribution in [1.29, 1.82) is 0 Å². The number of anilines is 1. The van der Waals surface area contributed by atoms with Crippen molar-refractivity contribution in [2.75, 3.05) is 11.5 Å². The van der Waals surface area contributed by atoms with Gasteiger partial charge in [-0.05, 0) is 49.0 Å². The van der Waals surface area contributed by atoms with Gasteiger partial charge in [-0.1, -0.05) is 35.9 Å². The van der Waals surface area contributed by atoms with Crippen LogP contribution in [0.1, 0.15) is 5.56 Å². The Labute approximate surface area is 139 Å². The molecule has 22 heavy (non-hydrogen) atoms. The number of nitrogens with zero attached hydrogens (tertiary/aromatic N) is 3. The summed E-state index contributed by atoms with van der Waals surface area (Å²) in [5.41, 5.74) is 2.03. The first-order valence-electron chi connectivity index (χ1n) is 6.83. The maximum Gasteiger partial charge on any atom is 0.222 e. The van der Waals surface area contributed by atoms with Crippen LogP contribution >= 0.6 is 23.8 Å². The van der Waals surface area contributed by atoms with E-state index in [1.54, 1.807) is 0 Å². The second-order valence-electron chi connectivity index (χ2n) is 4.93. The van der Waals surface area contributed by atoms with Crippen LogP contribution in [0.3, 0.4) is 0 Å². The zero-order valence-electron chi connectivity index (χ0n) is 11.9. The lowest BCUT2D eigenvalue weighted by atomic mass is 10.2. The smallest absolute Gasteiger partial charge is 0.222 e. The molecule has 1 heterocycles. The summed E-state index contributed by atoms with van der Waals surface area (Å²) in [6.07, 6.45) is -0.286. The SMILES string of the molecule is Cc1ccc(Cl)c(OCC2N=NC(=S)N2c2ccccc2)c1. The van der Waals surface area contributed by atoms with Crippen molar-refractivity contribution >= 4 is 34.6 Å². The number of hydrogen-bond donors (Lipinski definition) is 0. The van der Waals surface area contributed by atoms with Gasteiger partial charge in [-0.3, -0.25) is 4.90 Å². The number of ether oxygens (including phenoxy) is 1. The van der Waals surface area contributed by atoms with Gasteiger partial charge in [0.25, 0.3) is 0 Å². The molecule has 3 rings (SSSR count). The minimum atomic E-state index is -0.286. The second-order valence-corrected chi connectivity index (χ2v) is 5.70. The van der Waals surface area contributed by atoms with E-state index in [9.17, 15) is 0 Å². The van der Waals surface area contributed by atoms with Crippen LogP contribution in [-0.4, -0.2) is 17.9 Å². The van der Waals surface area contributed by atoms with Crippen LogP contribution < -0.4 is 9.64 Å². The van der Waals surface area contributed by atoms with Crippen LogP contribution in [0.5, 0.6) is 5.75 Å². The fourth-order valence-corrected chi connectivity index (χ4v) is 2.65. The molecule has 0 radical (unpaired) electrons. The zero-order valence-corrected chi connectivity index (χ0v) is 13.5. The molecule has 4 nitrogen and oxygen atoms in total. The third-order valence-electron chi connectivity index (χ3n) is 3.29. The number of thiocarbonyl (C=S) groups is 1. The average molecular weight is 332 g/mol. The van der Waals surface area contributed by atoms with Crippen molar-refractivity contribution in [2.45, 2.75) is 13.1 Å². The number of para-hydroxylation sites is 1. The molecule has 0 aliphatic carbocycles. The van der Waals surface area contributed by atoms with Gasteiger partial charge in [-0.15, -0.1) is 5.11 Å². The number of rotatable bonds is 4. The van der Waals surface area contributed by atoms with E-state index in [1.165, 1.54) is 0 Å². The number of aryl methyl sites for hydroxylation is 1. The van der Waals surface area contributed by atoms with Crippen molar-refractivity contribution in [3.63, 3.8) is 0 Å². The van der Waals surface area contributed by atoms with E-state index >= 15 is 0 Å². The van der Waals surface area contributed by atoms with Crippen LogP contribution in [0.25, 0.3) is 0 Å². The van der Waals surface area contributed by atoms with Gasteiger partial charge < -0.3 is 4.74 Å². The van der Waals surface area contributed by atoms with Crippen molar-refractivity contribution < 1.29 is 4.74 Å². The molecule has 0 saturated carbocycles. The maximum absolute atomic E-state index is 6.15. The first-order valence-corrected chi connectivity index (χ1v) is 7.62. The molecule has 0 saturated heterocycles. The fourth-order valence-electron chi connectivity index (χ4n) is 2.21. The summed E-state index contributed by atoms with van der Waals surface area (Å²) >= 11 is 11.4. The predicted molar refractivity (Wildman–Crippen MR) is 91.8 cm³/mol. The monoisotopic (exact) mass is 331 g/mol. The van der Waals surface area contributed by atoms with Gasteiger partial charge in [0, 0.05) is 5.69 Å². The topological polar surface area (TPSA) is 37.2 Å². The molecule has 1 aliphatic heterocycles. The molecule has 0 N–H and O–H groups in total. The third-order valence-corrected chi connectivity index (χ3v) is 3.88. The zero-order chi connectivity index (χ0) is 15.5. The highest BCUT2D eigenvalue weighted by atomic mass is 35.5. The molecular formula is C16H14ClN3OS. The first-order chi connectivity index (χ1) is 10.6. The van der Waals surface area contributed by atoms with Crippen LogP contribution in [-0.2, 0) is 0 Å². The lowest BCUT2D eigenvalue weighted by molar-refractivity contribution is 0.293. The van der Waals surface area contributed by atoms with E-state index in [4.69, 9.17) is 28.6 Å². The summed E-state index contributed by atoms with van der Waals surface area (Å²) in [6, 6.07) is 15.5. The molecule has 0 fully saturated rings. The van der Waals surface area contributed by atoms with Gasteiger partial charge in [-0.25, -0.2) is 0 Å². The number of benzene rings is 2. The minimum absolute atomic E-state index is 0.286. The molecule has 1 unspecified atom stereocenters. The molecule has 2 aromatic rings. The lowest BCUT2D eigenvalue weighted by Gasteiger charge is -2.23. The Balaban J connectivity index is 1.75. The van der Waals surface area contributed by atoms with E-state index in [0.717, 1.165) is 11.3 Å². The Morgan fingerprint density at radius 3 is 2.77 bits per heavy atom. The van der Waals surface area contributed by atoms with Crippen LogP contribution in [0.15, 0.2) is 58.8 Å². The minimum Gasteiger partial charge on any atom is -0.488 e. The van der Waals surface area contributed by atoms with E-state index in [-0.39, 0.29) is 6.17 Å². The van der Waals surface area contributed by atoms with Crippen LogP contribution in [0.2, 0.25) is 5.02 Å². The number of hydrogen-bond acceptors (Lipinski definition) is 3. The highest BCUT2D eigenvalue weighted by Gasteiger charge is 2.28. The average Bonchev–Trinajstić information content (AvgIpc) is 2.90. The van der Waals surface area contributed by atoms with Gasteiger partial charge in [0.2, 0.25) is 5.11 Å². The number of azo groups is 1. The largest absolute Gasteiger partial charge is 0.488 e. The standard InChI is InChI=1S/C16H14ClN3OS/c1-11-7-8-13(17)14(9-11)21-10-15-18-19-16(22)20(15)12-5-3-2-4-6-12/h2-9,15H,10H2,1H3. The van der Waals surface area contributed by atoms with Gasteiger partial charge in [-0.2, -0.15) is 5.11 Å². The summed E-state index contributed by atoms with van der Waals surface area (Å²) in [6.45, 7) is 2.31. The first kappa shape index (κ1) is 14.9. The Morgan fingerprint density at radius 1 is 1.23 bits per heavy atom. The molecule has 0 amide bonds. The maximum atomic E-state index is 6.15. The molecule has 1 atom stereocenters. The van der Waals surface area contributed by atoms with Crippen LogP contribution in [0.4, 0.5) is 5.69 Å². The van der Waals surface area contributed by atoms with E-state index < -0.39 is 0 Å². The lowest BCUT2D eigenvalue weighted by Crippen LogP contribution is -2.36. The molecule has 6 heteroatoms. The van der Waals surface area contributed by atoms with Gasteiger partial charge >= 0.3 is 0 Å². The van der Waals surface area contributed by atoms with Crippen molar-refractivity contribution in [2.24, 2.45) is 10.2 Å². The Kier molecular flexibility index (Phi) is 4.36. The third kappa shape index (κ3) is 3.10. The molecule has 0 aromatic heterocycles. The quantitative estimate of drug-likeness (QED) is 0.768. The molecule has 0 bridgehead atoms. The predicted octanol–water partition coefficient (Wildman–Crippen LogP) is 4.61. The second kappa shape index (κ2) is 6.42. The number of halogens is 1. The fraction of sp³-hybridized carbons (Fsp3) is 0.188. The van der Waals surface area contributed by atoms with Gasteiger partial charge in [0.1, 0.15) is 12.4 Å². The highest BCUT2D eigenvalue weighted by molar-refractivity contribution is 7.80. The summed E-state index contributed by atoms with van der Waals surface area (Å²) in [7, 11) is 0. The molecule has 112 valence electrons. The summed E-state index contributed by atoms with van der Waals surface area (Å²) < 4.78 is 5.81. The normalized spacial score (nSPS) is 17.1. The van der Waals surface area contributed by atoms with E-state index in [0.29, 0.717) is 22.5 Å². The highest BCUT2D eigenvalue weighted by Crippen LogP contribution is 2.28. The van der Waals surface area contributed by atoms with E-state index in [2.05, 4.69) is 10.2 Å². The summed E-state index contributed by atoms with van der Waals surface area (Å²) in [5, 5.41) is 9.20. The molecular weight excluding hydrogens is 318 g/mol. The van der Waals surface area contributed by atoms with Crippen molar-refractivity contribution in [3.8, 4) is 5.75 Å².